The van der Waals surface area contributed by atoms with Crippen LogP contribution in [0.25, 0.3) is 10.9 Å². The fraction of sp³-hybridized carbons (Fsp3) is 0.158. The number of amides is 3. The van der Waals surface area contributed by atoms with Gasteiger partial charge in [0.15, 0.2) is 5.82 Å². The van der Waals surface area contributed by atoms with Crippen molar-refractivity contribution < 1.29 is 9.59 Å². The highest BCUT2D eigenvalue weighted by Crippen LogP contribution is 2.07. The first-order valence-corrected chi connectivity index (χ1v) is 8.37. The second-order valence-corrected chi connectivity index (χ2v) is 5.87. The largest absolute Gasteiger partial charge is 0.345 e. The lowest BCUT2D eigenvalue weighted by Gasteiger charge is -2.08. The fourth-order valence-electron chi connectivity index (χ4n) is 2.58. The molecular weight excluding hydrogens is 346 g/mol. The molecule has 3 amide bonds. The highest BCUT2D eigenvalue weighted by molar-refractivity contribution is 5.92. The zero-order valence-corrected chi connectivity index (χ0v) is 14.7. The Labute approximate surface area is 155 Å². The number of H-pyrrole nitrogens is 1. The number of carbonyl (C=O) groups is 2. The highest BCUT2D eigenvalue weighted by atomic mass is 16.2. The van der Waals surface area contributed by atoms with Gasteiger partial charge in [-0.3, -0.25) is 9.59 Å². The number of para-hydroxylation sites is 1. The Hall–Kier alpha value is -3.68. The second-order valence-electron chi connectivity index (χ2n) is 5.87. The average molecular weight is 365 g/mol. The molecule has 27 heavy (non-hydrogen) atoms. The summed E-state index contributed by atoms with van der Waals surface area (Å²) in [5.41, 5.74) is 1.88. The van der Waals surface area contributed by atoms with E-state index in [1.54, 1.807) is 31.3 Å². The summed E-state index contributed by atoms with van der Waals surface area (Å²) in [5, 5.41) is 8.36. The lowest BCUT2D eigenvalue weighted by molar-refractivity contribution is 0.0940. The minimum Gasteiger partial charge on any atom is -0.345 e. The van der Waals surface area contributed by atoms with E-state index < -0.39 is 5.91 Å². The number of nitrogens with zero attached hydrogens (tertiary/aromatic N) is 1. The van der Waals surface area contributed by atoms with Crippen molar-refractivity contribution >= 4 is 22.8 Å². The lowest BCUT2D eigenvalue weighted by atomic mass is 10.1. The van der Waals surface area contributed by atoms with Crippen molar-refractivity contribution in [3.63, 3.8) is 0 Å². The van der Waals surface area contributed by atoms with E-state index in [1.807, 2.05) is 24.3 Å². The van der Waals surface area contributed by atoms with Gasteiger partial charge in [-0.2, -0.15) is 0 Å². The number of urea groups is 1. The van der Waals surface area contributed by atoms with Gasteiger partial charge in [-0.05, 0) is 23.3 Å². The lowest BCUT2D eigenvalue weighted by Crippen LogP contribution is -2.32. The van der Waals surface area contributed by atoms with E-state index in [4.69, 9.17) is 0 Å². The van der Waals surface area contributed by atoms with Gasteiger partial charge in [0.2, 0.25) is 0 Å². The van der Waals surface area contributed by atoms with Gasteiger partial charge in [-0.1, -0.05) is 36.4 Å². The second kappa shape index (κ2) is 8.13. The molecule has 0 aliphatic carbocycles. The third kappa shape index (κ3) is 4.49. The average Bonchev–Trinajstić information content (AvgIpc) is 2.70. The molecule has 0 aliphatic rings. The van der Waals surface area contributed by atoms with Crippen LogP contribution in [0, 0.1) is 0 Å². The Kier molecular flexibility index (Phi) is 5.46. The number of fused-ring (bicyclic) bond motifs is 1. The molecule has 3 aromatic rings. The standard InChI is InChI=1S/C19H19N5O3/c1-20-19(27)22-11-13-6-4-5-12(9-13)10-21-18(26)16-23-15-8-3-2-7-14(15)17(25)24-16/h2-9H,10-11H2,1H3,(H,21,26)(H2,20,22,27)(H,23,24,25). The molecule has 1 heterocycles. The van der Waals surface area contributed by atoms with E-state index in [0.29, 0.717) is 17.4 Å². The summed E-state index contributed by atoms with van der Waals surface area (Å²) in [5.74, 6) is -0.497. The third-order valence-corrected chi connectivity index (χ3v) is 3.95. The molecule has 2 aromatic carbocycles. The number of benzene rings is 2. The van der Waals surface area contributed by atoms with Crippen LogP contribution < -0.4 is 21.5 Å². The van der Waals surface area contributed by atoms with Gasteiger partial charge in [-0.25, -0.2) is 9.78 Å². The van der Waals surface area contributed by atoms with Gasteiger partial charge >= 0.3 is 6.03 Å². The Morgan fingerprint density at radius 1 is 1.00 bits per heavy atom. The molecule has 0 spiro atoms. The van der Waals surface area contributed by atoms with Crippen molar-refractivity contribution in [2.45, 2.75) is 13.1 Å². The van der Waals surface area contributed by atoms with Crippen LogP contribution in [-0.2, 0) is 13.1 Å². The normalized spacial score (nSPS) is 10.4. The number of carbonyl (C=O) groups excluding carboxylic acids is 2. The molecule has 0 atom stereocenters. The van der Waals surface area contributed by atoms with Gasteiger partial charge in [0, 0.05) is 20.1 Å². The molecule has 0 unspecified atom stereocenters. The van der Waals surface area contributed by atoms with Crippen molar-refractivity contribution in [3.8, 4) is 0 Å². The fourth-order valence-corrected chi connectivity index (χ4v) is 2.58. The predicted molar refractivity (Wildman–Crippen MR) is 101 cm³/mol. The number of hydrogen-bond acceptors (Lipinski definition) is 4. The quantitative estimate of drug-likeness (QED) is 0.545. The van der Waals surface area contributed by atoms with E-state index in [-0.39, 0.29) is 24.0 Å². The maximum absolute atomic E-state index is 12.3. The first-order valence-electron chi connectivity index (χ1n) is 8.37. The van der Waals surface area contributed by atoms with Gasteiger partial charge in [-0.15, -0.1) is 0 Å². The molecule has 138 valence electrons. The van der Waals surface area contributed by atoms with Crippen LogP contribution in [0.15, 0.2) is 53.3 Å². The maximum Gasteiger partial charge on any atom is 0.314 e. The summed E-state index contributed by atoms with van der Waals surface area (Å²) < 4.78 is 0. The molecule has 0 saturated heterocycles. The van der Waals surface area contributed by atoms with Crippen molar-refractivity contribution in [2.24, 2.45) is 0 Å². The Balaban J connectivity index is 1.67. The molecule has 1 aromatic heterocycles. The maximum atomic E-state index is 12.3. The molecule has 0 saturated carbocycles. The van der Waals surface area contributed by atoms with Gasteiger partial charge in [0.05, 0.1) is 10.9 Å². The first-order chi connectivity index (χ1) is 13.1. The minimum atomic E-state index is -0.466. The first kappa shape index (κ1) is 18.1. The van der Waals surface area contributed by atoms with E-state index >= 15 is 0 Å². The number of aromatic nitrogens is 2. The van der Waals surface area contributed by atoms with Crippen molar-refractivity contribution in [3.05, 3.63) is 75.8 Å². The molecule has 0 bridgehead atoms. The molecule has 0 radical (unpaired) electrons. The van der Waals surface area contributed by atoms with Gasteiger partial charge in [0.1, 0.15) is 0 Å². The van der Waals surface area contributed by atoms with Crippen LogP contribution in [0.3, 0.4) is 0 Å². The van der Waals surface area contributed by atoms with E-state index in [0.717, 1.165) is 11.1 Å². The Morgan fingerprint density at radius 3 is 2.44 bits per heavy atom. The van der Waals surface area contributed by atoms with Crippen LogP contribution in [0.5, 0.6) is 0 Å². The van der Waals surface area contributed by atoms with Crippen LogP contribution in [0.4, 0.5) is 4.79 Å². The topological polar surface area (TPSA) is 116 Å². The van der Waals surface area contributed by atoms with E-state index in [9.17, 15) is 14.4 Å². The van der Waals surface area contributed by atoms with E-state index in [2.05, 4.69) is 25.9 Å². The van der Waals surface area contributed by atoms with Crippen LogP contribution >= 0.6 is 0 Å². The number of hydrogen-bond donors (Lipinski definition) is 4. The van der Waals surface area contributed by atoms with Crippen molar-refractivity contribution in [2.75, 3.05) is 7.05 Å². The molecule has 4 N–H and O–H groups in total. The molecule has 8 nitrogen and oxygen atoms in total. The summed E-state index contributed by atoms with van der Waals surface area (Å²) >= 11 is 0. The minimum absolute atomic E-state index is 0.0314. The van der Waals surface area contributed by atoms with Crippen LogP contribution in [-0.4, -0.2) is 29.0 Å². The highest BCUT2D eigenvalue weighted by Gasteiger charge is 2.11. The summed E-state index contributed by atoms with van der Waals surface area (Å²) in [4.78, 5) is 42.4. The Bertz CT molecular complexity index is 1040. The van der Waals surface area contributed by atoms with Gasteiger partial charge in [0.25, 0.3) is 11.5 Å². The summed E-state index contributed by atoms with van der Waals surface area (Å²) in [6, 6.07) is 14.0. The Morgan fingerprint density at radius 2 is 1.70 bits per heavy atom. The van der Waals surface area contributed by atoms with Crippen molar-refractivity contribution in [1.82, 2.24) is 25.9 Å². The third-order valence-electron chi connectivity index (χ3n) is 3.95. The SMILES string of the molecule is CNC(=O)NCc1cccc(CNC(=O)c2nc3ccccc3c(=O)[nH]2)c1. The number of nitrogens with one attached hydrogen (secondary N) is 4. The monoisotopic (exact) mass is 365 g/mol. The molecule has 0 aliphatic heterocycles. The summed E-state index contributed by atoms with van der Waals surface area (Å²) in [7, 11) is 1.55. The van der Waals surface area contributed by atoms with Crippen LogP contribution in [0.2, 0.25) is 0 Å². The van der Waals surface area contributed by atoms with Gasteiger partial charge < -0.3 is 20.9 Å². The molecule has 0 fully saturated rings. The molecule has 3 rings (SSSR count). The number of rotatable bonds is 5. The van der Waals surface area contributed by atoms with Crippen LogP contribution in [0.1, 0.15) is 21.7 Å². The zero-order valence-electron chi connectivity index (χ0n) is 14.7. The summed E-state index contributed by atoms with van der Waals surface area (Å²) in [6.07, 6.45) is 0. The molecule has 8 heteroatoms. The van der Waals surface area contributed by atoms with E-state index in [1.165, 1.54) is 0 Å². The zero-order chi connectivity index (χ0) is 19.2. The van der Waals surface area contributed by atoms with Crippen molar-refractivity contribution in [1.29, 1.82) is 0 Å². The summed E-state index contributed by atoms with van der Waals surface area (Å²) in [6.45, 7) is 0.643. The smallest absolute Gasteiger partial charge is 0.314 e. The predicted octanol–water partition coefficient (Wildman–Crippen LogP) is 1.28. The molecular formula is C19H19N5O3. The number of aromatic amines is 1.